The van der Waals surface area contributed by atoms with Crippen LogP contribution in [0.1, 0.15) is 49.0 Å². The second kappa shape index (κ2) is 6.40. The lowest BCUT2D eigenvalue weighted by molar-refractivity contribution is 0.388. The first-order valence-electron chi connectivity index (χ1n) is 9.49. The van der Waals surface area contributed by atoms with Gasteiger partial charge in [-0.2, -0.15) is 4.52 Å². The molecular weight excluding hydrogens is 342 g/mol. The quantitative estimate of drug-likeness (QED) is 0.691. The molecule has 0 bridgehead atoms. The SMILES string of the molecule is COc1ccc(C2CCCN2c2ccc3nnc(C4CC4)n3n2)c(OC)c1. The number of nitrogens with zero attached hydrogens (tertiary/aromatic N) is 5. The van der Waals surface area contributed by atoms with Gasteiger partial charge in [-0.1, -0.05) is 0 Å². The second-order valence-electron chi connectivity index (χ2n) is 7.25. The zero-order valence-electron chi connectivity index (χ0n) is 15.6. The minimum atomic E-state index is 0.233. The molecule has 1 aliphatic carbocycles. The normalized spacial score (nSPS) is 19.6. The Bertz CT molecular complexity index is 982. The van der Waals surface area contributed by atoms with Gasteiger partial charge in [-0.3, -0.25) is 0 Å². The van der Waals surface area contributed by atoms with Crippen molar-refractivity contribution in [2.24, 2.45) is 0 Å². The van der Waals surface area contributed by atoms with E-state index in [4.69, 9.17) is 14.6 Å². The molecule has 0 radical (unpaired) electrons. The maximum absolute atomic E-state index is 5.65. The molecule has 1 saturated carbocycles. The van der Waals surface area contributed by atoms with Crippen molar-refractivity contribution in [1.82, 2.24) is 19.8 Å². The van der Waals surface area contributed by atoms with E-state index in [-0.39, 0.29) is 6.04 Å². The highest BCUT2D eigenvalue weighted by atomic mass is 16.5. The molecule has 0 N–H and O–H groups in total. The van der Waals surface area contributed by atoms with Crippen LogP contribution in [0.15, 0.2) is 30.3 Å². The van der Waals surface area contributed by atoms with E-state index in [1.807, 2.05) is 22.7 Å². The molecule has 2 aliphatic rings. The summed E-state index contributed by atoms with van der Waals surface area (Å²) in [5, 5.41) is 13.5. The number of anilines is 1. The Labute approximate surface area is 157 Å². The summed E-state index contributed by atoms with van der Waals surface area (Å²) in [4.78, 5) is 2.36. The van der Waals surface area contributed by atoms with Crippen molar-refractivity contribution in [2.45, 2.75) is 37.6 Å². The van der Waals surface area contributed by atoms with Crippen LogP contribution in [0.25, 0.3) is 5.65 Å². The van der Waals surface area contributed by atoms with Gasteiger partial charge in [-0.25, -0.2) is 0 Å². The number of benzene rings is 1. The lowest BCUT2D eigenvalue weighted by Crippen LogP contribution is -2.24. The van der Waals surface area contributed by atoms with E-state index >= 15 is 0 Å². The standard InChI is InChI=1S/C20H23N5O2/c1-26-14-7-8-15(17(12-14)27-2)16-4-3-11-24(16)19-10-9-18-21-22-20(13-5-6-13)25(18)23-19/h7-10,12-13,16H,3-6,11H2,1-2H3. The lowest BCUT2D eigenvalue weighted by atomic mass is 10.0. The Kier molecular flexibility index (Phi) is 3.88. The van der Waals surface area contributed by atoms with Crippen molar-refractivity contribution in [3.8, 4) is 11.5 Å². The van der Waals surface area contributed by atoms with E-state index in [0.29, 0.717) is 5.92 Å². The predicted molar refractivity (Wildman–Crippen MR) is 102 cm³/mol. The molecule has 140 valence electrons. The van der Waals surface area contributed by atoms with Gasteiger partial charge in [0.05, 0.1) is 20.3 Å². The highest BCUT2D eigenvalue weighted by Gasteiger charge is 2.32. The molecule has 3 heterocycles. The van der Waals surface area contributed by atoms with Gasteiger partial charge in [0.15, 0.2) is 11.5 Å². The van der Waals surface area contributed by atoms with E-state index in [9.17, 15) is 0 Å². The van der Waals surface area contributed by atoms with Crippen LogP contribution in [-0.2, 0) is 0 Å². The summed E-state index contributed by atoms with van der Waals surface area (Å²) in [6, 6.07) is 10.4. The summed E-state index contributed by atoms with van der Waals surface area (Å²) < 4.78 is 12.9. The highest BCUT2D eigenvalue weighted by molar-refractivity contribution is 5.52. The molecule has 5 rings (SSSR count). The Morgan fingerprint density at radius 1 is 1.00 bits per heavy atom. The maximum atomic E-state index is 5.65. The van der Waals surface area contributed by atoms with Gasteiger partial charge >= 0.3 is 0 Å². The Hall–Kier alpha value is -2.83. The summed E-state index contributed by atoms with van der Waals surface area (Å²) in [6.45, 7) is 0.971. The van der Waals surface area contributed by atoms with Crippen molar-refractivity contribution in [1.29, 1.82) is 0 Å². The molecule has 0 spiro atoms. The van der Waals surface area contributed by atoms with Gasteiger partial charge in [0.2, 0.25) is 0 Å². The van der Waals surface area contributed by atoms with Crippen molar-refractivity contribution >= 4 is 11.5 Å². The number of ether oxygens (including phenoxy) is 2. The first-order valence-corrected chi connectivity index (χ1v) is 9.49. The largest absolute Gasteiger partial charge is 0.497 e. The molecule has 1 aromatic carbocycles. The van der Waals surface area contributed by atoms with E-state index in [1.165, 1.54) is 18.4 Å². The van der Waals surface area contributed by atoms with Crippen molar-refractivity contribution in [2.75, 3.05) is 25.7 Å². The smallest absolute Gasteiger partial charge is 0.178 e. The van der Waals surface area contributed by atoms with Crippen LogP contribution < -0.4 is 14.4 Å². The third-order valence-electron chi connectivity index (χ3n) is 5.56. The van der Waals surface area contributed by atoms with Gasteiger partial charge in [0.1, 0.15) is 17.3 Å². The lowest BCUT2D eigenvalue weighted by Gasteiger charge is -2.27. The fraction of sp³-hybridized carbons (Fsp3) is 0.450. The predicted octanol–water partition coefficient (Wildman–Crippen LogP) is 3.36. The monoisotopic (exact) mass is 365 g/mol. The van der Waals surface area contributed by atoms with E-state index < -0.39 is 0 Å². The van der Waals surface area contributed by atoms with Crippen LogP contribution in [-0.4, -0.2) is 40.6 Å². The average Bonchev–Trinajstić information content (AvgIpc) is 3.28. The Balaban J connectivity index is 1.53. The van der Waals surface area contributed by atoms with Crippen LogP contribution in [0.4, 0.5) is 5.82 Å². The molecular formula is C20H23N5O2. The Morgan fingerprint density at radius 2 is 1.89 bits per heavy atom. The molecule has 27 heavy (non-hydrogen) atoms. The average molecular weight is 365 g/mol. The van der Waals surface area contributed by atoms with Gasteiger partial charge in [0, 0.05) is 24.1 Å². The summed E-state index contributed by atoms with van der Waals surface area (Å²) in [7, 11) is 3.38. The van der Waals surface area contributed by atoms with Crippen molar-refractivity contribution in [3.05, 3.63) is 41.7 Å². The maximum Gasteiger partial charge on any atom is 0.178 e. The molecule has 1 aliphatic heterocycles. The second-order valence-corrected chi connectivity index (χ2v) is 7.25. The minimum absolute atomic E-state index is 0.233. The van der Waals surface area contributed by atoms with E-state index in [0.717, 1.165) is 48.2 Å². The number of methoxy groups -OCH3 is 2. The van der Waals surface area contributed by atoms with Crippen molar-refractivity contribution in [3.63, 3.8) is 0 Å². The summed E-state index contributed by atoms with van der Waals surface area (Å²) in [5.74, 6) is 4.13. The molecule has 7 heteroatoms. The van der Waals surface area contributed by atoms with Gasteiger partial charge in [-0.15, -0.1) is 15.3 Å². The van der Waals surface area contributed by atoms with Crippen LogP contribution in [0.2, 0.25) is 0 Å². The summed E-state index contributed by atoms with van der Waals surface area (Å²) in [6.07, 6.45) is 4.56. The first-order chi connectivity index (χ1) is 13.3. The summed E-state index contributed by atoms with van der Waals surface area (Å²) in [5.41, 5.74) is 1.99. The Morgan fingerprint density at radius 3 is 2.67 bits per heavy atom. The summed E-state index contributed by atoms with van der Waals surface area (Å²) >= 11 is 0. The molecule has 1 unspecified atom stereocenters. The fourth-order valence-corrected chi connectivity index (χ4v) is 4.00. The number of rotatable bonds is 5. The minimum Gasteiger partial charge on any atom is -0.497 e. The topological polar surface area (TPSA) is 64.8 Å². The number of fused-ring (bicyclic) bond motifs is 1. The third kappa shape index (κ3) is 2.78. The number of hydrogen-bond acceptors (Lipinski definition) is 6. The zero-order valence-corrected chi connectivity index (χ0v) is 15.6. The fourth-order valence-electron chi connectivity index (χ4n) is 4.00. The molecule has 3 aromatic rings. The van der Waals surface area contributed by atoms with Gasteiger partial charge in [-0.05, 0) is 49.9 Å². The van der Waals surface area contributed by atoms with Gasteiger partial charge < -0.3 is 14.4 Å². The first kappa shape index (κ1) is 16.4. The highest BCUT2D eigenvalue weighted by Crippen LogP contribution is 2.41. The molecule has 2 aromatic heterocycles. The third-order valence-corrected chi connectivity index (χ3v) is 5.56. The van der Waals surface area contributed by atoms with Crippen molar-refractivity contribution < 1.29 is 9.47 Å². The van der Waals surface area contributed by atoms with Crippen LogP contribution in [0, 0.1) is 0 Å². The van der Waals surface area contributed by atoms with E-state index in [2.05, 4.69) is 27.2 Å². The van der Waals surface area contributed by atoms with Crippen LogP contribution in [0.3, 0.4) is 0 Å². The number of hydrogen-bond donors (Lipinski definition) is 0. The van der Waals surface area contributed by atoms with E-state index in [1.54, 1.807) is 14.2 Å². The number of aromatic nitrogens is 4. The zero-order chi connectivity index (χ0) is 18.4. The molecule has 1 saturated heterocycles. The van der Waals surface area contributed by atoms with Gasteiger partial charge in [0.25, 0.3) is 0 Å². The molecule has 0 amide bonds. The van der Waals surface area contributed by atoms with Crippen LogP contribution >= 0.6 is 0 Å². The molecule has 7 nitrogen and oxygen atoms in total. The molecule has 1 atom stereocenters. The van der Waals surface area contributed by atoms with Crippen LogP contribution in [0.5, 0.6) is 11.5 Å². The molecule has 2 fully saturated rings.